The monoisotopic (exact) mass is 404 g/mol. The van der Waals surface area contributed by atoms with Gasteiger partial charge in [-0.05, 0) is 52.9 Å². The molecular weight excluding hydrogens is 398 g/mol. The molecule has 3 rings (SSSR count). The zero-order chi connectivity index (χ0) is 13.6. The first-order chi connectivity index (χ1) is 9.04. The molecule has 0 aliphatic carbocycles. The van der Waals surface area contributed by atoms with E-state index in [2.05, 4.69) is 32.6 Å². The van der Waals surface area contributed by atoms with Crippen molar-refractivity contribution in [2.45, 2.75) is 0 Å². The number of hydrogen-bond donors (Lipinski definition) is 2. The number of hydrogen-bond acceptors (Lipinski definition) is 2. The summed E-state index contributed by atoms with van der Waals surface area (Å²) >= 11 is 14.0. The number of imidazole rings is 1. The Morgan fingerprint density at radius 1 is 1.11 bits per heavy atom. The molecule has 0 saturated heterocycles. The summed E-state index contributed by atoms with van der Waals surface area (Å²) in [6.07, 6.45) is 0. The summed E-state index contributed by atoms with van der Waals surface area (Å²) in [5.74, 6) is 0.898. The van der Waals surface area contributed by atoms with Crippen molar-refractivity contribution in [1.82, 2.24) is 9.97 Å². The van der Waals surface area contributed by atoms with Gasteiger partial charge in [-0.1, -0.05) is 23.2 Å². The van der Waals surface area contributed by atoms with E-state index in [1.807, 2.05) is 12.1 Å². The minimum absolute atomic E-state index is 0.231. The molecule has 0 spiro atoms. The highest BCUT2D eigenvalue weighted by Gasteiger charge is 2.09. The van der Waals surface area contributed by atoms with Crippen molar-refractivity contribution in [3.8, 4) is 17.1 Å². The third-order valence-corrected chi connectivity index (χ3v) is 4.38. The Bertz CT molecular complexity index is 747. The van der Waals surface area contributed by atoms with E-state index in [1.165, 1.54) is 0 Å². The van der Waals surface area contributed by atoms with Crippen LogP contribution in [0.4, 0.5) is 0 Å². The van der Waals surface area contributed by atoms with Crippen LogP contribution in [0, 0.1) is 3.57 Å². The molecule has 1 heterocycles. The number of halogens is 3. The van der Waals surface area contributed by atoms with Crippen LogP contribution in [-0.4, -0.2) is 15.1 Å². The van der Waals surface area contributed by atoms with Crippen LogP contribution in [0.1, 0.15) is 0 Å². The van der Waals surface area contributed by atoms with E-state index in [-0.39, 0.29) is 5.75 Å². The van der Waals surface area contributed by atoms with Crippen LogP contribution in [0.3, 0.4) is 0 Å². The second-order valence-corrected chi connectivity index (χ2v) is 6.01. The summed E-state index contributed by atoms with van der Waals surface area (Å²) in [6, 6.07) is 8.84. The summed E-state index contributed by atoms with van der Waals surface area (Å²) in [7, 11) is 0. The minimum Gasteiger partial charge on any atom is -0.507 e. The average Bonchev–Trinajstić information content (AvgIpc) is 2.76. The second-order valence-electron chi connectivity index (χ2n) is 4.04. The van der Waals surface area contributed by atoms with Gasteiger partial charge in [-0.3, -0.25) is 0 Å². The van der Waals surface area contributed by atoms with Gasteiger partial charge in [0.25, 0.3) is 0 Å². The zero-order valence-electron chi connectivity index (χ0n) is 9.42. The van der Waals surface area contributed by atoms with Gasteiger partial charge in [-0.15, -0.1) is 0 Å². The first-order valence-corrected chi connectivity index (χ1v) is 7.22. The largest absolute Gasteiger partial charge is 0.507 e. The molecule has 0 unspecified atom stereocenters. The van der Waals surface area contributed by atoms with E-state index in [0.29, 0.717) is 15.9 Å². The van der Waals surface area contributed by atoms with Gasteiger partial charge in [0.2, 0.25) is 0 Å². The molecular formula is C13H7Cl2IN2O. The maximum absolute atomic E-state index is 9.73. The molecule has 0 radical (unpaired) electrons. The van der Waals surface area contributed by atoms with Crippen molar-refractivity contribution in [3.63, 3.8) is 0 Å². The van der Waals surface area contributed by atoms with Crippen molar-refractivity contribution in [2.24, 2.45) is 0 Å². The van der Waals surface area contributed by atoms with Crippen LogP contribution < -0.4 is 0 Å². The third kappa shape index (κ3) is 2.40. The van der Waals surface area contributed by atoms with Crippen LogP contribution in [0.15, 0.2) is 30.3 Å². The molecule has 2 aromatic carbocycles. The fourth-order valence-corrected chi connectivity index (χ4v) is 2.46. The Hall–Kier alpha value is -0.980. The zero-order valence-corrected chi connectivity index (χ0v) is 13.1. The van der Waals surface area contributed by atoms with Gasteiger partial charge in [0, 0.05) is 5.56 Å². The quantitative estimate of drug-likeness (QED) is 0.569. The van der Waals surface area contributed by atoms with E-state index in [0.717, 1.165) is 20.2 Å². The number of phenolic OH excluding ortho intramolecular Hbond substituents is 1. The predicted octanol–water partition coefficient (Wildman–Crippen LogP) is 4.85. The maximum atomic E-state index is 9.73. The number of nitrogens with one attached hydrogen (secondary N) is 1. The second kappa shape index (κ2) is 4.85. The highest BCUT2D eigenvalue weighted by atomic mass is 127. The molecule has 3 nitrogen and oxygen atoms in total. The summed E-state index contributed by atoms with van der Waals surface area (Å²) < 4.78 is 0.795. The molecule has 6 heteroatoms. The van der Waals surface area contributed by atoms with E-state index in [4.69, 9.17) is 23.2 Å². The van der Waals surface area contributed by atoms with Crippen LogP contribution >= 0.6 is 45.8 Å². The molecule has 0 amide bonds. The topological polar surface area (TPSA) is 48.9 Å². The molecule has 19 heavy (non-hydrogen) atoms. The fourth-order valence-electron chi connectivity index (χ4n) is 1.80. The lowest BCUT2D eigenvalue weighted by Gasteiger charge is -1.99. The average molecular weight is 405 g/mol. The summed E-state index contributed by atoms with van der Waals surface area (Å²) in [4.78, 5) is 7.60. The maximum Gasteiger partial charge on any atom is 0.138 e. The van der Waals surface area contributed by atoms with Gasteiger partial charge in [-0.25, -0.2) is 4.98 Å². The number of phenols is 1. The van der Waals surface area contributed by atoms with Crippen molar-refractivity contribution in [3.05, 3.63) is 43.9 Å². The Morgan fingerprint density at radius 2 is 1.84 bits per heavy atom. The Kier molecular flexibility index (Phi) is 3.32. The number of aromatic nitrogens is 2. The normalized spacial score (nSPS) is 11.1. The van der Waals surface area contributed by atoms with Crippen molar-refractivity contribution >= 4 is 56.8 Å². The van der Waals surface area contributed by atoms with Gasteiger partial charge in [0.15, 0.2) is 0 Å². The van der Waals surface area contributed by atoms with E-state index < -0.39 is 0 Å². The Balaban J connectivity index is 2.17. The number of rotatable bonds is 1. The number of H-pyrrole nitrogens is 1. The van der Waals surface area contributed by atoms with Crippen LogP contribution in [0.25, 0.3) is 22.4 Å². The number of nitrogens with zero attached hydrogens (tertiary/aromatic N) is 1. The summed E-state index contributed by atoms with van der Waals surface area (Å²) in [5, 5.41) is 10.7. The molecule has 96 valence electrons. The van der Waals surface area contributed by atoms with Gasteiger partial charge in [0.05, 0.1) is 24.6 Å². The Labute approximate surface area is 132 Å². The van der Waals surface area contributed by atoms with Gasteiger partial charge in [0.1, 0.15) is 11.6 Å². The van der Waals surface area contributed by atoms with Gasteiger partial charge in [-0.2, -0.15) is 0 Å². The molecule has 0 aliphatic heterocycles. The smallest absolute Gasteiger partial charge is 0.138 e. The number of fused-ring (bicyclic) bond motifs is 1. The lowest BCUT2D eigenvalue weighted by atomic mass is 10.2. The molecule has 2 N–H and O–H groups in total. The molecule has 3 aromatic rings. The van der Waals surface area contributed by atoms with E-state index >= 15 is 0 Å². The molecule has 0 aliphatic rings. The van der Waals surface area contributed by atoms with E-state index in [9.17, 15) is 5.11 Å². The first-order valence-electron chi connectivity index (χ1n) is 5.38. The lowest BCUT2D eigenvalue weighted by Crippen LogP contribution is -1.81. The van der Waals surface area contributed by atoms with Crippen molar-refractivity contribution in [1.29, 1.82) is 0 Å². The first kappa shape index (κ1) is 13.0. The molecule has 0 fully saturated rings. The van der Waals surface area contributed by atoms with Gasteiger partial charge < -0.3 is 10.1 Å². The van der Waals surface area contributed by atoms with Crippen molar-refractivity contribution < 1.29 is 5.11 Å². The third-order valence-electron chi connectivity index (χ3n) is 2.74. The molecule has 0 bridgehead atoms. The number of aromatic hydroxyl groups is 1. The summed E-state index contributed by atoms with van der Waals surface area (Å²) in [5.41, 5.74) is 2.35. The number of benzene rings is 2. The van der Waals surface area contributed by atoms with Crippen molar-refractivity contribution in [2.75, 3.05) is 0 Å². The van der Waals surface area contributed by atoms with Crippen LogP contribution in [0.2, 0.25) is 10.0 Å². The lowest BCUT2D eigenvalue weighted by molar-refractivity contribution is 0.471. The Morgan fingerprint density at radius 3 is 2.58 bits per heavy atom. The van der Waals surface area contributed by atoms with E-state index in [1.54, 1.807) is 18.2 Å². The minimum atomic E-state index is 0.231. The van der Waals surface area contributed by atoms with Crippen LogP contribution in [0.5, 0.6) is 5.75 Å². The predicted molar refractivity (Wildman–Crippen MR) is 85.9 cm³/mol. The number of aromatic amines is 1. The molecule has 1 aromatic heterocycles. The highest BCUT2D eigenvalue weighted by molar-refractivity contribution is 14.1. The fraction of sp³-hybridized carbons (Fsp3) is 0. The SMILES string of the molecule is Oc1cc(-c2nc3cc(Cl)c(Cl)cc3[nH]2)ccc1I. The standard InChI is InChI=1S/C13H7Cl2IN2O/c14-7-4-10-11(5-8(7)15)18-13(17-10)6-1-2-9(16)12(19)3-6/h1-5,19H,(H,17,18). The highest BCUT2D eigenvalue weighted by Crippen LogP contribution is 2.30. The molecule has 0 atom stereocenters. The van der Waals surface area contributed by atoms with Gasteiger partial charge >= 0.3 is 0 Å². The molecule has 0 saturated carbocycles. The summed E-state index contributed by atoms with van der Waals surface area (Å²) in [6.45, 7) is 0. The van der Waals surface area contributed by atoms with Crippen LogP contribution in [-0.2, 0) is 0 Å².